The molecule has 0 saturated carbocycles. The van der Waals surface area contributed by atoms with Crippen molar-refractivity contribution in [2.24, 2.45) is 0 Å². The Morgan fingerprint density at radius 3 is 2.78 bits per heavy atom. The summed E-state index contributed by atoms with van der Waals surface area (Å²) in [4.78, 5) is 29.4. The number of hydrogen-bond donors (Lipinski definition) is 1. The monoisotopic (exact) mass is 399 g/mol. The lowest BCUT2D eigenvalue weighted by Crippen LogP contribution is -2.34. The van der Waals surface area contributed by atoms with Crippen LogP contribution in [-0.2, 0) is 4.79 Å². The molecule has 11 heteroatoms. The van der Waals surface area contributed by atoms with E-state index in [1.54, 1.807) is 6.07 Å². The lowest BCUT2D eigenvalue weighted by molar-refractivity contribution is -0.274. The van der Waals surface area contributed by atoms with Crippen LogP contribution in [0.4, 0.5) is 18.3 Å². The zero-order chi connectivity index (χ0) is 19.6. The molecule has 142 valence electrons. The second-order valence-corrected chi connectivity index (χ2v) is 6.41. The van der Waals surface area contributed by atoms with Gasteiger partial charge in [0.1, 0.15) is 12.3 Å². The quantitative estimate of drug-likeness (QED) is 0.710. The van der Waals surface area contributed by atoms with Gasteiger partial charge in [-0.15, -0.1) is 13.2 Å². The number of ether oxygens (including phenoxy) is 1. The Labute approximate surface area is 154 Å². The molecule has 0 unspecified atom stereocenters. The minimum atomic E-state index is -4.79. The fourth-order valence-electron chi connectivity index (χ4n) is 2.19. The molecule has 1 N–H and O–H groups in total. The van der Waals surface area contributed by atoms with Crippen molar-refractivity contribution in [3.8, 4) is 5.75 Å². The molecule has 2 aromatic heterocycles. The first kappa shape index (κ1) is 18.7. The molecule has 0 bridgehead atoms. The lowest BCUT2D eigenvalue weighted by Gasteiger charge is -2.14. The van der Waals surface area contributed by atoms with Gasteiger partial charge in [0.15, 0.2) is 10.9 Å². The number of alkyl halides is 3. The first-order valence-corrected chi connectivity index (χ1v) is 8.28. The fraction of sp³-hybridized carbons (Fsp3) is 0.188. The molecule has 0 radical (unpaired) electrons. The van der Waals surface area contributed by atoms with Crippen LogP contribution in [-0.4, -0.2) is 41.7 Å². The zero-order valence-electron chi connectivity index (χ0n) is 13.7. The number of furan rings is 1. The van der Waals surface area contributed by atoms with E-state index < -0.39 is 18.2 Å². The summed E-state index contributed by atoms with van der Waals surface area (Å²) in [6, 6.07) is 6.71. The highest BCUT2D eigenvalue weighted by molar-refractivity contribution is 7.22. The second-order valence-electron chi connectivity index (χ2n) is 5.38. The molecular formula is C16H12F3N3O4S. The molecule has 0 saturated heterocycles. The summed E-state index contributed by atoms with van der Waals surface area (Å²) in [6.07, 6.45) is -3.44. The number of benzene rings is 1. The smallest absolute Gasteiger partial charge is 0.459 e. The summed E-state index contributed by atoms with van der Waals surface area (Å²) in [5, 5.41) is 2.70. The highest BCUT2D eigenvalue weighted by Crippen LogP contribution is 2.31. The van der Waals surface area contributed by atoms with Crippen molar-refractivity contribution in [3.63, 3.8) is 0 Å². The van der Waals surface area contributed by atoms with Gasteiger partial charge in [-0.2, -0.15) is 0 Å². The van der Waals surface area contributed by atoms with E-state index in [0.717, 1.165) is 22.3 Å². The Kier molecular flexibility index (Phi) is 5.04. The van der Waals surface area contributed by atoms with Crippen LogP contribution < -0.4 is 10.1 Å². The third kappa shape index (κ3) is 4.76. The van der Waals surface area contributed by atoms with Gasteiger partial charge in [-0.25, -0.2) is 4.98 Å². The predicted octanol–water partition coefficient (Wildman–Crippen LogP) is 3.50. The number of nitrogens with one attached hydrogen (secondary N) is 1. The van der Waals surface area contributed by atoms with Crippen molar-refractivity contribution >= 4 is 38.5 Å². The molecule has 0 aliphatic heterocycles. The van der Waals surface area contributed by atoms with Crippen molar-refractivity contribution in [2.75, 3.05) is 18.9 Å². The highest BCUT2D eigenvalue weighted by atomic mass is 32.1. The van der Waals surface area contributed by atoms with Crippen molar-refractivity contribution in [3.05, 3.63) is 42.4 Å². The normalized spacial score (nSPS) is 11.4. The van der Waals surface area contributed by atoms with Crippen LogP contribution in [0, 0.1) is 0 Å². The number of thiazole rings is 1. The maximum Gasteiger partial charge on any atom is 0.573 e. The Hall–Kier alpha value is -3.08. The van der Waals surface area contributed by atoms with Crippen LogP contribution in [0.15, 0.2) is 41.0 Å². The summed E-state index contributed by atoms with van der Waals surface area (Å²) in [6.45, 7) is -0.252. The highest BCUT2D eigenvalue weighted by Gasteiger charge is 2.31. The molecule has 0 aliphatic rings. The van der Waals surface area contributed by atoms with Gasteiger partial charge in [-0.1, -0.05) is 11.3 Å². The summed E-state index contributed by atoms with van der Waals surface area (Å²) < 4.78 is 46.1. The van der Waals surface area contributed by atoms with Crippen molar-refractivity contribution < 1.29 is 31.9 Å². The number of carbonyl (C=O) groups is 2. The van der Waals surface area contributed by atoms with Crippen LogP contribution in [0.2, 0.25) is 0 Å². The molecule has 0 aliphatic carbocycles. The number of anilines is 1. The molecular weight excluding hydrogens is 387 g/mol. The van der Waals surface area contributed by atoms with Gasteiger partial charge in [0.25, 0.3) is 5.91 Å². The predicted molar refractivity (Wildman–Crippen MR) is 90.6 cm³/mol. The van der Waals surface area contributed by atoms with Crippen LogP contribution in [0.25, 0.3) is 10.2 Å². The van der Waals surface area contributed by atoms with Crippen LogP contribution in [0.1, 0.15) is 10.6 Å². The van der Waals surface area contributed by atoms with E-state index in [0.29, 0.717) is 10.2 Å². The molecule has 3 aromatic rings. The summed E-state index contributed by atoms with van der Waals surface area (Å²) in [5.74, 6) is -1.25. The van der Waals surface area contributed by atoms with Crippen LogP contribution in [0.3, 0.4) is 0 Å². The molecule has 0 spiro atoms. The largest absolute Gasteiger partial charge is 0.573 e. The van der Waals surface area contributed by atoms with Gasteiger partial charge >= 0.3 is 6.36 Å². The first-order chi connectivity index (χ1) is 12.7. The van der Waals surface area contributed by atoms with Crippen molar-refractivity contribution in [1.29, 1.82) is 0 Å². The molecule has 2 amide bonds. The fourth-order valence-corrected chi connectivity index (χ4v) is 3.10. The van der Waals surface area contributed by atoms with E-state index in [2.05, 4.69) is 15.0 Å². The second kappa shape index (κ2) is 7.27. The molecule has 7 nitrogen and oxygen atoms in total. The van der Waals surface area contributed by atoms with Crippen LogP contribution >= 0.6 is 11.3 Å². The molecule has 27 heavy (non-hydrogen) atoms. The van der Waals surface area contributed by atoms with E-state index in [9.17, 15) is 22.8 Å². The minimum Gasteiger partial charge on any atom is -0.459 e. The van der Waals surface area contributed by atoms with E-state index in [4.69, 9.17) is 4.42 Å². The number of halogens is 3. The van der Waals surface area contributed by atoms with E-state index in [1.807, 2.05) is 0 Å². The standard InChI is InChI=1S/C16H12F3N3O4S/c1-22(14(24)11-3-2-6-25-11)8-13(23)21-15-20-10-5-4-9(7-12(10)27-15)26-16(17,18)19/h2-7H,8H2,1H3,(H,20,21,23). The SMILES string of the molecule is CN(CC(=O)Nc1nc2ccc(OC(F)(F)F)cc2s1)C(=O)c1ccco1. The third-order valence-electron chi connectivity index (χ3n) is 3.30. The third-order valence-corrected chi connectivity index (χ3v) is 4.23. The number of rotatable bonds is 5. The topological polar surface area (TPSA) is 84.7 Å². The molecule has 3 rings (SSSR count). The summed E-state index contributed by atoms with van der Waals surface area (Å²) >= 11 is 0.987. The van der Waals surface area contributed by atoms with Crippen molar-refractivity contribution in [2.45, 2.75) is 6.36 Å². The minimum absolute atomic E-state index is 0.0995. The molecule has 0 fully saturated rings. The number of nitrogens with zero attached hydrogens (tertiary/aromatic N) is 2. The van der Waals surface area contributed by atoms with Gasteiger partial charge in [0.2, 0.25) is 5.91 Å². The van der Waals surface area contributed by atoms with Gasteiger partial charge in [-0.05, 0) is 24.3 Å². The average molecular weight is 399 g/mol. The zero-order valence-corrected chi connectivity index (χ0v) is 14.6. The Morgan fingerprint density at radius 1 is 1.33 bits per heavy atom. The van der Waals surface area contributed by atoms with Crippen molar-refractivity contribution in [1.82, 2.24) is 9.88 Å². The first-order valence-electron chi connectivity index (χ1n) is 7.46. The van der Waals surface area contributed by atoms with E-state index >= 15 is 0 Å². The maximum absolute atomic E-state index is 12.3. The number of amides is 2. The van der Waals surface area contributed by atoms with Crippen LogP contribution in [0.5, 0.6) is 5.75 Å². The van der Waals surface area contributed by atoms with Gasteiger partial charge in [-0.3, -0.25) is 9.59 Å². The number of carbonyl (C=O) groups excluding carboxylic acids is 2. The maximum atomic E-state index is 12.3. The Bertz CT molecular complexity index is 969. The summed E-state index contributed by atoms with van der Waals surface area (Å²) in [5.41, 5.74) is 0.407. The van der Waals surface area contributed by atoms with Gasteiger partial charge in [0, 0.05) is 13.1 Å². The number of hydrogen-bond acceptors (Lipinski definition) is 6. The summed E-state index contributed by atoms with van der Waals surface area (Å²) in [7, 11) is 1.43. The Morgan fingerprint density at radius 2 is 2.11 bits per heavy atom. The van der Waals surface area contributed by atoms with E-state index in [1.165, 1.54) is 31.5 Å². The van der Waals surface area contributed by atoms with Gasteiger partial charge in [0.05, 0.1) is 16.5 Å². The molecule has 0 atom stereocenters. The number of aromatic nitrogens is 1. The lowest BCUT2D eigenvalue weighted by atomic mass is 10.3. The van der Waals surface area contributed by atoms with Gasteiger partial charge < -0.3 is 19.4 Å². The van der Waals surface area contributed by atoms with E-state index in [-0.39, 0.29) is 23.2 Å². The molecule has 2 heterocycles. The Balaban J connectivity index is 1.65. The molecule has 1 aromatic carbocycles. The number of likely N-dealkylation sites (N-methyl/N-ethyl adjacent to an activating group) is 1. The number of fused-ring (bicyclic) bond motifs is 1. The average Bonchev–Trinajstić information content (AvgIpc) is 3.20.